The predicted octanol–water partition coefficient (Wildman–Crippen LogP) is 5.15. The van der Waals surface area contributed by atoms with Crippen LogP contribution < -0.4 is 0 Å². The Labute approximate surface area is 171 Å². The zero-order valence-corrected chi connectivity index (χ0v) is 15.5. The summed E-state index contributed by atoms with van der Waals surface area (Å²) in [5.41, 5.74) is 2.50. The molecule has 0 N–H and O–H groups in total. The van der Waals surface area contributed by atoms with Gasteiger partial charge < -0.3 is 0 Å². The van der Waals surface area contributed by atoms with E-state index in [0.717, 1.165) is 0 Å². The predicted molar refractivity (Wildman–Crippen MR) is 113 cm³/mol. The second-order valence-electron chi connectivity index (χ2n) is 6.20. The van der Waals surface area contributed by atoms with Gasteiger partial charge in [0.2, 0.25) is 0 Å². The summed E-state index contributed by atoms with van der Waals surface area (Å²) in [4.78, 5) is 36.9. The first-order valence-electron chi connectivity index (χ1n) is 8.78. The molecule has 0 aliphatic rings. The van der Waals surface area contributed by atoms with Crippen molar-refractivity contribution >= 4 is 35.1 Å². The van der Waals surface area contributed by atoms with Crippen molar-refractivity contribution in [1.82, 2.24) is 0 Å². The second-order valence-corrected chi connectivity index (χ2v) is 6.20. The number of nitro groups is 2. The van der Waals surface area contributed by atoms with Crippen molar-refractivity contribution in [2.75, 3.05) is 0 Å². The number of carbonyl (C=O) groups excluding carboxylic acids is 1. The third kappa shape index (κ3) is 5.29. The first-order chi connectivity index (χ1) is 14.4. The molecule has 0 unspecified atom stereocenters. The number of aliphatic imine (C=N–C) groups is 1. The lowest BCUT2D eigenvalue weighted by molar-refractivity contribution is -0.385. The molecule has 3 aromatic rings. The molecule has 148 valence electrons. The van der Waals surface area contributed by atoms with Gasteiger partial charge in [-0.2, -0.15) is 0 Å². The van der Waals surface area contributed by atoms with Crippen LogP contribution in [0.25, 0.3) is 6.08 Å². The Balaban J connectivity index is 1.63. The minimum atomic E-state index is -0.482. The third-order valence-electron chi connectivity index (χ3n) is 4.15. The SMILES string of the molecule is O=C(/C=C/c1ccc([N+](=O)[O-])cc1)c1ccc(N=Cc2ccc([N+](=O)[O-])cc2)cc1. The molecule has 0 amide bonds. The molecule has 8 nitrogen and oxygen atoms in total. The van der Waals surface area contributed by atoms with Crippen molar-refractivity contribution in [2.45, 2.75) is 0 Å². The monoisotopic (exact) mass is 401 g/mol. The van der Waals surface area contributed by atoms with E-state index in [9.17, 15) is 25.0 Å². The van der Waals surface area contributed by atoms with Gasteiger partial charge in [-0.3, -0.25) is 30.0 Å². The Kier molecular flexibility index (Phi) is 6.19. The molecule has 0 aromatic heterocycles. The molecule has 8 heteroatoms. The maximum atomic E-state index is 12.3. The maximum absolute atomic E-state index is 12.3. The topological polar surface area (TPSA) is 116 Å². The number of hydrogen-bond donors (Lipinski definition) is 0. The molecular formula is C22H15N3O5. The van der Waals surface area contributed by atoms with Gasteiger partial charge in [-0.15, -0.1) is 0 Å². The van der Waals surface area contributed by atoms with Gasteiger partial charge in [-0.1, -0.05) is 6.08 Å². The minimum Gasteiger partial charge on any atom is -0.289 e. The molecule has 0 spiro atoms. The molecule has 0 heterocycles. The number of carbonyl (C=O) groups is 1. The van der Waals surface area contributed by atoms with Gasteiger partial charge in [0.1, 0.15) is 0 Å². The van der Waals surface area contributed by atoms with Crippen molar-refractivity contribution in [3.05, 3.63) is 116 Å². The minimum absolute atomic E-state index is 0.0108. The van der Waals surface area contributed by atoms with E-state index in [1.54, 1.807) is 60.8 Å². The number of ketones is 1. The average Bonchev–Trinajstić information content (AvgIpc) is 2.77. The number of nitrogens with zero attached hydrogens (tertiary/aromatic N) is 3. The van der Waals surface area contributed by atoms with E-state index in [1.165, 1.54) is 30.3 Å². The summed E-state index contributed by atoms with van der Waals surface area (Å²) in [7, 11) is 0. The van der Waals surface area contributed by atoms with Crippen LogP contribution >= 0.6 is 0 Å². The standard InChI is InChI=1S/C22H15N3O5/c26-22(14-5-16-1-10-20(11-2-16)24(27)28)18-6-8-19(9-7-18)23-15-17-3-12-21(13-4-17)25(29)30/h1-15H/b14-5+,23-15?. The molecule has 0 aliphatic carbocycles. The molecule has 0 radical (unpaired) electrons. The zero-order valence-electron chi connectivity index (χ0n) is 15.5. The van der Waals surface area contributed by atoms with Crippen LogP contribution in [-0.2, 0) is 0 Å². The quantitative estimate of drug-likeness (QED) is 0.178. The molecule has 3 aromatic carbocycles. The van der Waals surface area contributed by atoms with Crippen LogP contribution in [-0.4, -0.2) is 21.8 Å². The van der Waals surface area contributed by atoms with Gasteiger partial charge in [0.05, 0.1) is 15.5 Å². The van der Waals surface area contributed by atoms with Crippen LogP contribution in [0.1, 0.15) is 21.5 Å². The lowest BCUT2D eigenvalue weighted by atomic mass is 10.1. The van der Waals surface area contributed by atoms with Gasteiger partial charge in [0, 0.05) is 36.0 Å². The molecule has 0 saturated heterocycles. The Bertz CT molecular complexity index is 1130. The highest BCUT2D eigenvalue weighted by Gasteiger charge is 2.05. The van der Waals surface area contributed by atoms with Gasteiger partial charge in [-0.25, -0.2) is 0 Å². The molecular weight excluding hydrogens is 386 g/mol. The number of nitro benzene ring substituents is 2. The normalized spacial score (nSPS) is 11.1. The first kappa shape index (κ1) is 20.3. The van der Waals surface area contributed by atoms with Crippen LogP contribution in [0.15, 0.2) is 83.9 Å². The van der Waals surface area contributed by atoms with Crippen LogP contribution in [0.4, 0.5) is 17.1 Å². The van der Waals surface area contributed by atoms with E-state index in [1.807, 2.05) is 0 Å². The summed E-state index contributed by atoms with van der Waals surface area (Å²) in [6.45, 7) is 0. The maximum Gasteiger partial charge on any atom is 0.269 e. The number of rotatable bonds is 7. The van der Waals surface area contributed by atoms with Crippen molar-refractivity contribution in [2.24, 2.45) is 4.99 Å². The molecule has 0 saturated carbocycles. The smallest absolute Gasteiger partial charge is 0.269 e. The molecule has 3 rings (SSSR count). The molecule has 0 fully saturated rings. The number of allylic oxidation sites excluding steroid dienone is 1. The number of non-ortho nitro benzene ring substituents is 2. The van der Waals surface area contributed by atoms with E-state index < -0.39 is 9.85 Å². The summed E-state index contributed by atoms with van der Waals surface area (Å²) < 4.78 is 0. The van der Waals surface area contributed by atoms with Crippen LogP contribution in [0, 0.1) is 20.2 Å². The van der Waals surface area contributed by atoms with Gasteiger partial charge in [-0.05, 0) is 65.7 Å². The largest absolute Gasteiger partial charge is 0.289 e. The van der Waals surface area contributed by atoms with E-state index in [2.05, 4.69) is 4.99 Å². The average molecular weight is 401 g/mol. The van der Waals surface area contributed by atoms with Gasteiger partial charge in [0.25, 0.3) is 11.4 Å². The lowest BCUT2D eigenvalue weighted by Crippen LogP contribution is -1.93. The van der Waals surface area contributed by atoms with Crippen molar-refractivity contribution in [3.63, 3.8) is 0 Å². The number of benzene rings is 3. The van der Waals surface area contributed by atoms with Gasteiger partial charge >= 0.3 is 0 Å². The van der Waals surface area contributed by atoms with E-state index in [-0.39, 0.29) is 17.2 Å². The Hall–Kier alpha value is -4.46. The van der Waals surface area contributed by atoms with Crippen molar-refractivity contribution in [3.8, 4) is 0 Å². The summed E-state index contributed by atoms with van der Waals surface area (Å²) in [5, 5.41) is 21.3. The third-order valence-corrected chi connectivity index (χ3v) is 4.15. The Morgan fingerprint density at radius 3 is 1.73 bits per heavy atom. The summed E-state index contributed by atoms with van der Waals surface area (Å²) in [5.74, 6) is -0.209. The molecule has 0 atom stereocenters. The van der Waals surface area contributed by atoms with Crippen LogP contribution in [0.3, 0.4) is 0 Å². The Morgan fingerprint density at radius 2 is 1.23 bits per heavy atom. The Morgan fingerprint density at radius 1 is 0.733 bits per heavy atom. The van der Waals surface area contributed by atoms with Crippen LogP contribution in [0.2, 0.25) is 0 Å². The van der Waals surface area contributed by atoms with Crippen molar-refractivity contribution < 1.29 is 14.6 Å². The lowest BCUT2D eigenvalue weighted by Gasteiger charge is -1.98. The fourth-order valence-electron chi connectivity index (χ4n) is 2.52. The highest BCUT2D eigenvalue weighted by atomic mass is 16.6. The summed E-state index contributed by atoms with van der Waals surface area (Å²) >= 11 is 0. The van der Waals surface area contributed by atoms with Crippen LogP contribution in [0.5, 0.6) is 0 Å². The highest BCUT2D eigenvalue weighted by molar-refractivity contribution is 6.07. The summed E-state index contributed by atoms with van der Waals surface area (Å²) in [6.07, 6.45) is 4.57. The second kappa shape index (κ2) is 9.16. The van der Waals surface area contributed by atoms with E-state index >= 15 is 0 Å². The van der Waals surface area contributed by atoms with E-state index in [4.69, 9.17) is 0 Å². The fourth-order valence-corrected chi connectivity index (χ4v) is 2.52. The van der Waals surface area contributed by atoms with Crippen molar-refractivity contribution in [1.29, 1.82) is 0 Å². The highest BCUT2D eigenvalue weighted by Crippen LogP contribution is 2.17. The zero-order chi connectivity index (χ0) is 21.5. The fraction of sp³-hybridized carbons (Fsp3) is 0. The molecule has 30 heavy (non-hydrogen) atoms. The van der Waals surface area contributed by atoms with E-state index in [0.29, 0.717) is 22.4 Å². The first-order valence-corrected chi connectivity index (χ1v) is 8.78. The molecule has 0 bridgehead atoms. The molecule has 0 aliphatic heterocycles. The summed E-state index contributed by atoms with van der Waals surface area (Å²) in [6, 6.07) is 18.6. The van der Waals surface area contributed by atoms with Gasteiger partial charge in [0.15, 0.2) is 5.78 Å². The number of hydrogen-bond acceptors (Lipinski definition) is 6.